The maximum Gasteiger partial charge on any atom is 0.416 e. The summed E-state index contributed by atoms with van der Waals surface area (Å²) in [7, 11) is 0. The van der Waals surface area contributed by atoms with Crippen LogP contribution in [0.2, 0.25) is 0 Å². The normalized spacial score (nSPS) is 22.4. The van der Waals surface area contributed by atoms with Gasteiger partial charge in [-0.1, -0.05) is 13.5 Å². The third kappa shape index (κ3) is 2.49. The summed E-state index contributed by atoms with van der Waals surface area (Å²) in [6, 6.07) is -0.232. The van der Waals surface area contributed by atoms with Crippen molar-refractivity contribution in [1.82, 2.24) is 4.90 Å². The Hall–Kier alpha value is -1.52. The fraction of sp³-hybridized carbons (Fsp3) is 0.600. The predicted molar refractivity (Wildman–Crippen MR) is 53.2 cm³/mol. The van der Waals surface area contributed by atoms with Crippen LogP contribution in [0.15, 0.2) is 12.3 Å². The van der Waals surface area contributed by atoms with Gasteiger partial charge in [-0.3, -0.25) is 4.79 Å². The molecule has 0 saturated carbocycles. The van der Waals surface area contributed by atoms with Crippen molar-refractivity contribution in [3.63, 3.8) is 0 Å². The predicted octanol–water partition coefficient (Wildman–Crippen LogP) is 1.45. The van der Waals surface area contributed by atoms with Crippen LogP contribution in [0.1, 0.15) is 20.3 Å². The fourth-order valence-corrected chi connectivity index (χ4v) is 1.34. The van der Waals surface area contributed by atoms with Crippen LogP contribution in [0.3, 0.4) is 0 Å². The van der Waals surface area contributed by atoms with Crippen molar-refractivity contribution < 1.29 is 19.4 Å². The second-order valence-corrected chi connectivity index (χ2v) is 3.79. The van der Waals surface area contributed by atoms with E-state index in [0.29, 0.717) is 0 Å². The van der Waals surface area contributed by atoms with Crippen LogP contribution in [-0.4, -0.2) is 34.7 Å². The van der Waals surface area contributed by atoms with Crippen LogP contribution >= 0.6 is 0 Å². The molecule has 15 heavy (non-hydrogen) atoms. The first kappa shape index (κ1) is 11.6. The highest BCUT2D eigenvalue weighted by Crippen LogP contribution is 2.17. The number of aliphatic hydroxyl groups excluding tert-OH is 1. The zero-order chi connectivity index (χ0) is 11.6. The Kier molecular flexibility index (Phi) is 3.34. The molecule has 0 aromatic carbocycles. The van der Waals surface area contributed by atoms with E-state index >= 15 is 0 Å². The SMILES string of the molecule is C=C(O)[C@H](C)CC(=O)N1C(=O)OC[C@@H]1C. The van der Waals surface area contributed by atoms with Gasteiger partial charge in [0.15, 0.2) is 0 Å². The number of imide groups is 1. The van der Waals surface area contributed by atoms with E-state index < -0.39 is 6.09 Å². The van der Waals surface area contributed by atoms with Crippen molar-refractivity contribution >= 4 is 12.0 Å². The van der Waals surface area contributed by atoms with E-state index in [1.165, 1.54) is 0 Å². The monoisotopic (exact) mass is 213 g/mol. The molecular weight excluding hydrogens is 198 g/mol. The highest BCUT2D eigenvalue weighted by Gasteiger charge is 2.35. The average Bonchev–Trinajstić information content (AvgIpc) is 2.45. The molecule has 0 unspecified atom stereocenters. The van der Waals surface area contributed by atoms with Crippen LogP contribution in [0.4, 0.5) is 4.79 Å². The largest absolute Gasteiger partial charge is 0.513 e. The van der Waals surface area contributed by atoms with Crippen molar-refractivity contribution in [1.29, 1.82) is 0 Å². The maximum atomic E-state index is 11.7. The summed E-state index contributed by atoms with van der Waals surface area (Å²) in [6.07, 6.45) is -0.544. The van der Waals surface area contributed by atoms with E-state index in [1.54, 1.807) is 13.8 Å². The van der Waals surface area contributed by atoms with Crippen LogP contribution < -0.4 is 0 Å². The summed E-state index contributed by atoms with van der Waals surface area (Å²) in [4.78, 5) is 23.9. The molecular formula is C10H15NO4. The molecule has 2 amide bonds. The number of amides is 2. The number of hydrogen-bond acceptors (Lipinski definition) is 4. The molecule has 5 heteroatoms. The van der Waals surface area contributed by atoms with E-state index in [-0.39, 0.29) is 36.7 Å². The smallest absolute Gasteiger partial charge is 0.416 e. The molecule has 2 atom stereocenters. The second kappa shape index (κ2) is 4.33. The molecule has 84 valence electrons. The zero-order valence-corrected chi connectivity index (χ0v) is 8.90. The number of nitrogens with zero attached hydrogens (tertiary/aromatic N) is 1. The Labute approximate surface area is 88.3 Å². The van der Waals surface area contributed by atoms with Gasteiger partial charge >= 0.3 is 6.09 Å². The molecule has 0 spiro atoms. The van der Waals surface area contributed by atoms with Crippen molar-refractivity contribution in [2.24, 2.45) is 5.92 Å². The lowest BCUT2D eigenvalue weighted by Gasteiger charge is -2.17. The standard InChI is InChI=1S/C10H15NO4/c1-6(8(3)12)4-9(13)11-7(2)5-15-10(11)14/h6-7,12H,3-5H2,1-2H3/t6-,7+/m1/s1. The number of allylic oxidation sites excluding steroid dienone is 1. The molecule has 1 fully saturated rings. The van der Waals surface area contributed by atoms with Crippen molar-refractivity contribution in [3.05, 3.63) is 12.3 Å². The van der Waals surface area contributed by atoms with Crippen molar-refractivity contribution in [2.75, 3.05) is 6.61 Å². The Morgan fingerprint density at radius 1 is 1.80 bits per heavy atom. The fourth-order valence-electron chi connectivity index (χ4n) is 1.34. The van der Waals surface area contributed by atoms with E-state index in [4.69, 9.17) is 9.84 Å². The van der Waals surface area contributed by atoms with Crippen molar-refractivity contribution in [3.8, 4) is 0 Å². The first-order valence-corrected chi connectivity index (χ1v) is 4.80. The number of carbonyl (C=O) groups is 2. The first-order chi connectivity index (χ1) is 6.93. The van der Waals surface area contributed by atoms with Gasteiger partial charge in [0, 0.05) is 12.3 Å². The number of carbonyl (C=O) groups excluding carboxylic acids is 2. The lowest BCUT2D eigenvalue weighted by Crippen LogP contribution is -2.38. The van der Waals surface area contributed by atoms with Gasteiger partial charge in [-0.15, -0.1) is 0 Å². The van der Waals surface area contributed by atoms with Gasteiger partial charge < -0.3 is 9.84 Å². The lowest BCUT2D eigenvalue weighted by molar-refractivity contribution is -0.129. The average molecular weight is 213 g/mol. The maximum absolute atomic E-state index is 11.7. The summed E-state index contributed by atoms with van der Waals surface area (Å²) in [5.74, 6) is -0.741. The Morgan fingerprint density at radius 2 is 2.40 bits per heavy atom. The quantitative estimate of drug-likeness (QED) is 0.720. The highest BCUT2D eigenvalue weighted by atomic mass is 16.6. The minimum absolute atomic E-state index is 0.0523. The third-order valence-corrected chi connectivity index (χ3v) is 2.40. The lowest BCUT2D eigenvalue weighted by atomic mass is 10.1. The molecule has 1 aliphatic heterocycles. The van der Waals surface area contributed by atoms with Gasteiger partial charge in [-0.05, 0) is 6.92 Å². The highest BCUT2D eigenvalue weighted by molar-refractivity contribution is 5.93. The second-order valence-electron chi connectivity index (χ2n) is 3.79. The molecule has 0 aromatic rings. The molecule has 0 aliphatic carbocycles. The molecule has 5 nitrogen and oxygen atoms in total. The van der Waals surface area contributed by atoms with Gasteiger partial charge in [0.1, 0.15) is 6.61 Å². The van der Waals surface area contributed by atoms with Gasteiger partial charge in [-0.25, -0.2) is 9.69 Å². The molecule has 1 heterocycles. The number of rotatable bonds is 3. The number of aliphatic hydroxyl groups is 1. The first-order valence-electron chi connectivity index (χ1n) is 4.80. The van der Waals surface area contributed by atoms with Gasteiger partial charge in [0.2, 0.25) is 5.91 Å². The van der Waals surface area contributed by atoms with Crippen LogP contribution in [-0.2, 0) is 9.53 Å². The summed E-state index contributed by atoms with van der Waals surface area (Å²) in [5.41, 5.74) is 0. The summed E-state index contributed by atoms with van der Waals surface area (Å²) >= 11 is 0. The van der Waals surface area contributed by atoms with E-state index in [9.17, 15) is 9.59 Å². The zero-order valence-electron chi connectivity index (χ0n) is 8.90. The number of hydrogen-bond donors (Lipinski definition) is 1. The van der Waals surface area contributed by atoms with Crippen molar-refractivity contribution in [2.45, 2.75) is 26.3 Å². The number of cyclic esters (lactones) is 1. The molecule has 1 aliphatic rings. The Balaban J connectivity index is 2.60. The van der Waals surface area contributed by atoms with E-state index in [0.717, 1.165) is 4.90 Å². The Morgan fingerprint density at radius 3 is 2.80 bits per heavy atom. The molecule has 0 aromatic heterocycles. The number of ether oxygens (including phenoxy) is 1. The van der Waals surface area contributed by atoms with Gasteiger partial charge in [0.05, 0.1) is 11.8 Å². The van der Waals surface area contributed by atoms with E-state index in [2.05, 4.69) is 6.58 Å². The topological polar surface area (TPSA) is 66.8 Å². The van der Waals surface area contributed by atoms with Crippen LogP contribution in [0.25, 0.3) is 0 Å². The Bertz CT molecular complexity index is 300. The summed E-state index contributed by atoms with van der Waals surface area (Å²) in [5, 5.41) is 9.06. The molecule has 1 rings (SSSR count). The van der Waals surface area contributed by atoms with Gasteiger partial charge in [-0.2, -0.15) is 0 Å². The van der Waals surface area contributed by atoms with Gasteiger partial charge in [0.25, 0.3) is 0 Å². The minimum atomic E-state index is -0.608. The molecule has 0 bridgehead atoms. The van der Waals surface area contributed by atoms with Crippen LogP contribution in [0.5, 0.6) is 0 Å². The summed E-state index contributed by atoms with van der Waals surface area (Å²) in [6.45, 7) is 6.99. The molecule has 1 N–H and O–H groups in total. The van der Waals surface area contributed by atoms with Crippen LogP contribution in [0, 0.1) is 5.92 Å². The third-order valence-electron chi connectivity index (χ3n) is 2.40. The molecule has 1 saturated heterocycles. The van der Waals surface area contributed by atoms with E-state index in [1.807, 2.05) is 0 Å². The summed E-state index contributed by atoms with van der Waals surface area (Å²) < 4.78 is 4.72. The molecule has 0 radical (unpaired) electrons. The minimum Gasteiger partial charge on any atom is -0.513 e.